The van der Waals surface area contributed by atoms with Gasteiger partial charge in [-0.2, -0.15) is 5.10 Å². The van der Waals surface area contributed by atoms with E-state index in [1.165, 1.54) is 6.21 Å². The maximum absolute atomic E-state index is 12.2. The highest BCUT2D eigenvalue weighted by molar-refractivity contribution is 9.10. The van der Waals surface area contributed by atoms with Crippen LogP contribution in [0.25, 0.3) is 0 Å². The van der Waals surface area contributed by atoms with Gasteiger partial charge in [-0.1, -0.05) is 34.1 Å². The van der Waals surface area contributed by atoms with Gasteiger partial charge in [0.15, 0.2) is 6.61 Å². The Morgan fingerprint density at radius 3 is 2.62 bits per heavy atom. The lowest BCUT2D eigenvalue weighted by Crippen LogP contribution is -2.37. The number of hydrogen-bond acceptors (Lipinski definition) is 5. The first-order valence-corrected chi connectivity index (χ1v) is 9.59. The Morgan fingerprint density at radius 2 is 1.90 bits per heavy atom. The summed E-state index contributed by atoms with van der Waals surface area (Å²) in [6.45, 7) is 3.73. The number of nitrogens with one attached hydrogen (secondary N) is 3. The zero-order valence-electron chi connectivity index (χ0n) is 16.0. The molecule has 0 radical (unpaired) electrons. The average molecular weight is 461 g/mol. The van der Waals surface area contributed by atoms with Gasteiger partial charge in [0.25, 0.3) is 5.91 Å². The van der Waals surface area contributed by atoms with Crippen molar-refractivity contribution in [1.82, 2.24) is 10.7 Å². The first kappa shape index (κ1) is 22.1. The Labute approximate surface area is 176 Å². The fraction of sp³-hybridized carbons (Fsp3) is 0.200. The Bertz CT molecular complexity index is 930. The number of benzene rings is 2. The molecule has 8 nitrogen and oxygen atoms in total. The Kier molecular flexibility index (Phi) is 8.35. The number of nitrogens with zero attached hydrogens (tertiary/aromatic N) is 1. The van der Waals surface area contributed by atoms with E-state index in [9.17, 15) is 14.4 Å². The lowest BCUT2D eigenvalue weighted by molar-refractivity contribution is -0.139. The maximum Gasteiger partial charge on any atom is 0.329 e. The Balaban J connectivity index is 1.99. The third kappa shape index (κ3) is 7.04. The second kappa shape index (κ2) is 11.0. The van der Waals surface area contributed by atoms with E-state index in [2.05, 4.69) is 37.1 Å². The number of likely N-dealkylation sites (N-methyl/N-ethyl adjacent to an activating group) is 1. The molecule has 0 aliphatic carbocycles. The quantitative estimate of drug-likeness (QED) is 0.334. The van der Waals surface area contributed by atoms with Crippen LogP contribution in [0.4, 0.5) is 5.69 Å². The minimum Gasteiger partial charge on any atom is -0.483 e. The second-order valence-electron chi connectivity index (χ2n) is 5.89. The van der Waals surface area contributed by atoms with Crippen LogP contribution >= 0.6 is 15.9 Å². The predicted octanol–water partition coefficient (Wildman–Crippen LogP) is 2.36. The molecule has 2 rings (SSSR count). The number of aryl methyl sites for hydroxylation is 1. The molecule has 0 aromatic heterocycles. The van der Waals surface area contributed by atoms with Crippen molar-refractivity contribution in [1.29, 1.82) is 0 Å². The lowest BCUT2D eigenvalue weighted by atomic mass is 10.2. The van der Waals surface area contributed by atoms with E-state index in [0.717, 1.165) is 10.0 Å². The van der Waals surface area contributed by atoms with Gasteiger partial charge in [0.1, 0.15) is 5.75 Å². The van der Waals surface area contributed by atoms with Crippen LogP contribution < -0.4 is 20.8 Å². The molecule has 3 amide bonds. The van der Waals surface area contributed by atoms with Crippen molar-refractivity contribution >= 4 is 45.6 Å². The number of hydrazone groups is 1. The van der Waals surface area contributed by atoms with Crippen molar-refractivity contribution in [2.24, 2.45) is 5.10 Å². The molecule has 0 aliphatic rings. The molecule has 0 unspecified atom stereocenters. The number of rotatable bonds is 7. The van der Waals surface area contributed by atoms with E-state index < -0.39 is 11.8 Å². The van der Waals surface area contributed by atoms with Gasteiger partial charge in [0.05, 0.1) is 6.21 Å². The summed E-state index contributed by atoms with van der Waals surface area (Å²) >= 11 is 3.35. The summed E-state index contributed by atoms with van der Waals surface area (Å²) < 4.78 is 6.35. The molecule has 0 heterocycles. The molecule has 3 N–H and O–H groups in total. The molecule has 0 spiro atoms. The fourth-order valence-corrected chi connectivity index (χ4v) is 2.63. The minimum atomic E-state index is -0.877. The highest BCUT2D eigenvalue weighted by Gasteiger charge is 2.11. The summed E-state index contributed by atoms with van der Waals surface area (Å²) in [7, 11) is 0. The van der Waals surface area contributed by atoms with Crippen molar-refractivity contribution in [2.45, 2.75) is 13.8 Å². The number of amides is 3. The predicted molar refractivity (Wildman–Crippen MR) is 114 cm³/mol. The number of para-hydroxylation sites is 1. The SMILES string of the molecule is CCNC(=O)C(=O)N/N=C\c1cc(Br)ccc1OCC(=O)Nc1ccccc1C. The van der Waals surface area contributed by atoms with Gasteiger partial charge in [-0.05, 0) is 43.7 Å². The summed E-state index contributed by atoms with van der Waals surface area (Å²) in [6, 6.07) is 12.5. The van der Waals surface area contributed by atoms with Gasteiger partial charge >= 0.3 is 11.8 Å². The highest BCUT2D eigenvalue weighted by atomic mass is 79.9. The van der Waals surface area contributed by atoms with Crippen molar-refractivity contribution in [3.63, 3.8) is 0 Å². The van der Waals surface area contributed by atoms with Gasteiger partial charge < -0.3 is 15.4 Å². The Morgan fingerprint density at radius 1 is 1.14 bits per heavy atom. The van der Waals surface area contributed by atoms with Gasteiger partial charge in [-0.25, -0.2) is 5.43 Å². The smallest absolute Gasteiger partial charge is 0.329 e. The fourth-order valence-electron chi connectivity index (χ4n) is 2.25. The molecule has 2 aromatic carbocycles. The van der Waals surface area contributed by atoms with Crippen LogP contribution in [0.2, 0.25) is 0 Å². The number of ether oxygens (including phenoxy) is 1. The zero-order valence-corrected chi connectivity index (χ0v) is 17.6. The molecule has 29 heavy (non-hydrogen) atoms. The van der Waals surface area contributed by atoms with Crippen molar-refractivity contribution in [3.05, 3.63) is 58.1 Å². The van der Waals surface area contributed by atoms with Crippen LogP contribution in [0.5, 0.6) is 5.75 Å². The van der Waals surface area contributed by atoms with Crippen LogP contribution in [0, 0.1) is 6.92 Å². The number of anilines is 1. The lowest BCUT2D eigenvalue weighted by Gasteiger charge is -2.11. The molecule has 0 fully saturated rings. The third-order valence-electron chi connectivity index (χ3n) is 3.66. The highest BCUT2D eigenvalue weighted by Crippen LogP contribution is 2.22. The molecule has 9 heteroatoms. The van der Waals surface area contributed by atoms with Crippen molar-refractivity contribution in [3.8, 4) is 5.75 Å². The monoisotopic (exact) mass is 460 g/mol. The molecule has 0 aliphatic heterocycles. The first-order valence-electron chi connectivity index (χ1n) is 8.79. The van der Waals surface area contributed by atoms with E-state index in [-0.39, 0.29) is 12.5 Å². The second-order valence-corrected chi connectivity index (χ2v) is 6.81. The van der Waals surface area contributed by atoms with Crippen LogP contribution in [0.1, 0.15) is 18.1 Å². The molecule has 0 atom stereocenters. The third-order valence-corrected chi connectivity index (χ3v) is 4.16. The van der Waals surface area contributed by atoms with Crippen LogP contribution in [-0.2, 0) is 14.4 Å². The van der Waals surface area contributed by atoms with Gasteiger partial charge in [-0.15, -0.1) is 0 Å². The summed E-state index contributed by atoms with van der Waals surface area (Å²) in [5.41, 5.74) is 4.31. The van der Waals surface area contributed by atoms with Crippen LogP contribution in [0.3, 0.4) is 0 Å². The molecular weight excluding hydrogens is 440 g/mol. The number of carbonyl (C=O) groups excluding carboxylic acids is 3. The summed E-state index contributed by atoms with van der Waals surface area (Å²) in [4.78, 5) is 35.1. The summed E-state index contributed by atoms with van der Waals surface area (Å²) in [5, 5.41) is 8.92. The summed E-state index contributed by atoms with van der Waals surface area (Å²) in [5.74, 6) is -1.57. The molecule has 0 saturated carbocycles. The van der Waals surface area contributed by atoms with Crippen molar-refractivity contribution < 1.29 is 19.1 Å². The topological polar surface area (TPSA) is 109 Å². The molecule has 0 bridgehead atoms. The molecule has 152 valence electrons. The van der Waals surface area contributed by atoms with E-state index >= 15 is 0 Å². The Hall–Kier alpha value is -3.20. The molecule has 2 aromatic rings. The first-order chi connectivity index (χ1) is 13.9. The number of hydrogen-bond donors (Lipinski definition) is 3. The molecule has 0 saturated heterocycles. The van der Waals surface area contributed by atoms with Crippen LogP contribution in [0.15, 0.2) is 52.0 Å². The maximum atomic E-state index is 12.2. The van der Waals surface area contributed by atoms with E-state index in [1.54, 1.807) is 25.1 Å². The largest absolute Gasteiger partial charge is 0.483 e. The van der Waals surface area contributed by atoms with Crippen LogP contribution in [-0.4, -0.2) is 37.1 Å². The normalized spacial score (nSPS) is 10.4. The minimum absolute atomic E-state index is 0.206. The standard InChI is InChI=1S/C20H21BrN4O4/c1-3-22-19(27)20(28)25-23-11-14-10-15(21)8-9-17(14)29-12-18(26)24-16-7-5-4-6-13(16)2/h4-11H,3,12H2,1-2H3,(H,22,27)(H,24,26)(H,25,28)/b23-11-. The van der Waals surface area contributed by atoms with E-state index in [0.29, 0.717) is 23.5 Å². The van der Waals surface area contributed by atoms with Gasteiger partial charge in [-0.3, -0.25) is 14.4 Å². The zero-order chi connectivity index (χ0) is 21.2. The number of carbonyl (C=O) groups is 3. The van der Waals surface area contributed by atoms with E-state index in [1.807, 2.05) is 31.2 Å². The average Bonchev–Trinajstić information content (AvgIpc) is 2.69. The van der Waals surface area contributed by atoms with Crippen molar-refractivity contribution in [2.75, 3.05) is 18.5 Å². The van der Waals surface area contributed by atoms with Gasteiger partial charge in [0.2, 0.25) is 0 Å². The van der Waals surface area contributed by atoms with Gasteiger partial charge in [0, 0.05) is 22.3 Å². The molecular formula is C20H21BrN4O4. The van der Waals surface area contributed by atoms with E-state index in [4.69, 9.17) is 4.74 Å². The summed E-state index contributed by atoms with van der Waals surface area (Å²) in [6.07, 6.45) is 1.33. The number of halogens is 1.